The minimum absolute atomic E-state index is 0.0757. The van der Waals surface area contributed by atoms with Gasteiger partial charge in [-0.15, -0.1) is 0 Å². The quantitative estimate of drug-likeness (QED) is 0.0502. The van der Waals surface area contributed by atoms with Crippen molar-refractivity contribution in [1.82, 2.24) is 4.90 Å². The molecule has 2 fully saturated rings. The fourth-order valence-corrected chi connectivity index (χ4v) is 8.76. The number of hydrogen-bond acceptors (Lipinski definition) is 10. The van der Waals surface area contributed by atoms with Gasteiger partial charge in [0, 0.05) is 30.4 Å². The predicted octanol–water partition coefficient (Wildman–Crippen LogP) is 9.74. The third-order valence-corrected chi connectivity index (χ3v) is 11.6. The SMILES string of the molecule is CCCCCCCC1(CCCCCC/C=C/[C@H](C(=O)N2C(=S)OC(c3ccccc3)(c3ccccc3)[C@@H]2C(C)C)[C@@](O)(CCC(=O)OC)C(=O)OC(C)(C)C)OCCO1. The lowest BCUT2D eigenvalue weighted by molar-refractivity contribution is -0.186. The molecule has 326 valence electrons. The number of nitrogens with zero attached hydrogens (tertiary/aromatic N) is 1. The van der Waals surface area contributed by atoms with Crippen LogP contribution in [0, 0.1) is 11.8 Å². The van der Waals surface area contributed by atoms with E-state index in [0.717, 1.165) is 56.1 Å². The molecule has 2 heterocycles. The third kappa shape index (κ3) is 12.5. The van der Waals surface area contributed by atoms with Gasteiger partial charge in [0.05, 0.1) is 32.3 Å². The first-order valence-electron chi connectivity index (χ1n) is 21.8. The van der Waals surface area contributed by atoms with Crippen LogP contribution in [-0.4, -0.2) is 76.4 Å². The summed E-state index contributed by atoms with van der Waals surface area (Å²) in [5.74, 6) is -4.45. The van der Waals surface area contributed by atoms with Gasteiger partial charge in [0.15, 0.2) is 17.0 Å². The first-order valence-corrected chi connectivity index (χ1v) is 22.2. The predicted molar refractivity (Wildman–Crippen MR) is 233 cm³/mol. The van der Waals surface area contributed by atoms with Crippen LogP contribution in [0.5, 0.6) is 0 Å². The number of rotatable bonds is 23. The minimum Gasteiger partial charge on any atom is -0.469 e. The molecule has 0 unspecified atom stereocenters. The van der Waals surface area contributed by atoms with Gasteiger partial charge in [-0.05, 0) is 71.0 Å². The smallest absolute Gasteiger partial charge is 0.339 e. The maximum Gasteiger partial charge on any atom is 0.339 e. The van der Waals surface area contributed by atoms with Crippen molar-refractivity contribution in [2.45, 2.75) is 160 Å². The number of amides is 1. The van der Waals surface area contributed by atoms with Crippen molar-refractivity contribution in [3.05, 3.63) is 83.9 Å². The number of carbonyl (C=O) groups excluding carboxylic acids is 3. The molecule has 3 atom stereocenters. The van der Waals surface area contributed by atoms with Crippen LogP contribution in [0.3, 0.4) is 0 Å². The van der Waals surface area contributed by atoms with E-state index in [9.17, 15) is 14.7 Å². The molecule has 2 aliphatic heterocycles. The van der Waals surface area contributed by atoms with E-state index in [2.05, 4.69) is 6.92 Å². The largest absolute Gasteiger partial charge is 0.469 e. The summed E-state index contributed by atoms with van der Waals surface area (Å²) >= 11 is 5.93. The van der Waals surface area contributed by atoms with Crippen molar-refractivity contribution >= 4 is 35.2 Å². The molecule has 0 aliphatic carbocycles. The van der Waals surface area contributed by atoms with Gasteiger partial charge < -0.3 is 28.8 Å². The van der Waals surface area contributed by atoms with Gasteiger partial charge in [0.2, 0.25) is 5.91 Å². The fraction of sp³-hybridized carbons (Fsp3) is 0.625. The van der Waals surface area contributed by atoms with Crippen LogP contribution in [0.15, 0.2) is 72.8 Å². The first-order chi connectivity index (χ1) is 28.1. The average molecular weight is 836 g/mol. The van der Waals surface area contributed by atoms with E-state index in [1.165, 1.54) is 37.7 Å². The number of thiocarbonyl (C=S) groups is 1. The van der Waals surface area contributed by atoms with Gasteiger partial charge in [-0.3, -0.25) is 14.5 Å². The Hall–Kier alpha value is -3.64. The summed E-state index contributed by atoms with van der Waals surface area (Å²) in [5.41, 5.74) is -3.06. The number of aliphatic hydroxyl groups is 1. The highest BCUT2D eigenvalue weighted by atomic mass is 32.1. The number of methoxy groups -OCH3 is 1. The normalized spacial score (nSPS) is 19.1. The van der Waals surface area contributed by atoms with Crippen molar-refractivity contribution in [3.8, 4) is 0 Å². The second-order valence-corrected chi connectivity index (χ2v) is 17.7. The standard InChI is InChI=1S/C48H69NO9S/c1-8-9-10-14-23-31-46(55-34-35-56-46)32-24-15-12-11-13-22-29-39(47(53,33-30-40(50)54-7)43(52)57-45(4,5)6)42(51)49-41(36(2)3)48(58-44(49)59,37-25-18-16-19-26-37)38-27-20-17-21-28-38/h16-22,25-29,36,39,41,53H,8-15,23-24,30-35H2,1-7H3/b29-22+/t39-,41+,47+/m1/s1. The molecular formula is C48H69NO9S. The second kappa shape index (κ2) is 22.3. The highest BCUT2D eigenvalue weighted by Crippen LogP contribution is 2.48. The number of allylic oxidation sites excluding steroid dienone is 1. The maximum absolute atomic E-state index is 15.3. The molecule has 11 heteroatoms. The molecular weight excluding hydrogens is 767 g/mol. The Bertz CT molecular complexity index is 1630. The Labute approximate surface area is 358 Å². The molecule has 2 aromatic rings. The molecule has 0 spiro atoms. The lowest BCUT2D eigenvalue weighted by Gasteiger charge is -2.40. The Balaban J connectivity index is 1.62. The van der Waals surface area contributed by atoms with Crippen LogP contribution in [0.2, 0.25) is 0 Å². The van der Waals surface area contributed by atoms with Crippen molar-refractivity contribution in [2.75, 3.05) is 20.3 Å². The van der Waals surface area contributed by atoms with E-state index in [-0.39, 0.29) is 17.5 Å². The number of unbranched alkanes of at least 4 members (excludes halogenated alkanes) is 8. The third-order valence-electron chi connectivity index (χ3n) is 11.4. The van der Waals surface area contributed by atoms with E-state index in [1.54, 1.807) is 26.8 Å². The van der Waals surface area contributed by atoms with E-state index in [4.69, 9.17) is 35.9 Å². The Morgan fingerprint density at radius 3 is 1.93 bits per heavy atom. The minimum atomic E-state index is -2.46. The topological polar surface area (TPSA) is 121 Å². The van der Waals surface area contributed by atoms with Gasteiger partial charge in [-0.2, -0.15) is 0 Å². The van der Waals surface area contributed by atoms with Crippen LogP contribution in [0.4, 0.5) is 0 Å². The van der Waals surface area contributed by atoms with Crippen molar-refractivity contribution in [3.63, 3.8) is 0 Å². The van der Waals surface area contributed by atoms with Crippen molar-refractivity contribution < 1.29 is 43.2 Å². The average Bonchev–Trinajstić information content (AvgIpc) is 3.81. The molecule has 59 heavy (non-hydrogen) atoms. The van der Waals surface area contributed by atoms with Crippen LogP contribution in [0.1, 0.15) is 143 Å². The molecule has 2 aromatic carbocycles. The second-order valence-electron chi connectivity index (χ2n) is 17.4. The van der Waals surface area contributed by atoms with Gasteiger partial charge in [0.1, 0.15) is 5.60 Å². The zero-order chi connectivity index (χ0) is 43.1. The number of ether oxygens (including phenoxy) is 5. The van der Waals surface area contributed by atoms with Gasteiger partial charge in [0.25, 0.3) is 5.17 Å². The van der Waals surface area contributed by atoms with Crippen molar-refractivity contribution in [1.29, 1.82) is 0 Å². The molecule has 0 aromatic heterocycles. The molecule has 1 amide bonds. The van der Waals surface area contributed by atoms with E-state index >= 15 is 4.79 Å². The molecule has 2 saturated heterocycles. The monoisotopic (exact) mass is 835 g/mol. The zero-order valence-corrected chi connectivity index (χ0v) is 37.4. The summed E-state index contributed by atoms with van der Waals surface area (Å²) in [6, 6.07) is 18.6. The Morgan fingerprint density at radius 2 is 1.42 bits per heavy atom. The summed E-state index contributed by atoms with van der Waals surface area (Å²) in [5, 5.41) is 12.5. The van der Waals surface area contributed by atoms with Gasteiger partial charge >= 0.3 is 11.9 Å². The van der Waals surface area contributed by atoms with E-state index < -0.39 is 58.8 Å². The van der Waals surface area contributed by atoms with Crippen LogP contribution in [0.25, 0.3) is 0 Å². The summed E-state index contributed by atoms with van der Waals surface area (Å²) in [7, 11) is 1.24. The lowest BCUT2D eigenvalue weighted by Crippen LogP contribution is -2.58. The number of carbonyl (C=O) groups is 3. The summed E-state index contributed by atoms with van der Waals surface area (Å²) < 4.78 is 29.7. The van der Waals surface area contributed by atoms with E-state index in [1.807, 2.05) is 80.6 Å². The van der Waals surface area contributed by atoms with Crippen LogP contribution >= 0.6 is 12.2 Å². The maximum atomic E-state index is 15.3. The molecule has 2 aliphatic rings. The molecule has 1 N–H and O–H groups in total. The van der Waals surface area contributed by atoms with Crippen LogP contribution < -0.4 is 0 Å². The lowest BCUT2D eigenvalue weighted by atomic mass is 9.75. The fourth-order valence-electron chi connectivity index (χ4n) is 8.43. The summed E-state index contributed by atoms with van der Waals surface area (Å²) in [6.07, 6.45) is 14.8. The Morgan fingerprint density at radius 1 is 0.881 bits per heavy atom. The highest BCUT2D eigenvalue weighted by molar-refractivity contribution is 7.80. The molecule has 0 bridgehead atoms. The van der Waals surface area contributed by atoms with Gasteiger partial charge in [-0.25, -0.2) is 4.79 Å². The summed E-state index contributed by atoms with van der Waals surface area (Å²) in [4.78, 5) is 43.4. The zero-order valence-electron chi connectivity index (χ0n) is 36.5. The van der Waals surface area contributed by atoms with Crippen LogP contribution in [-0.2, 0) is 43.7 Å². The molecule has 10 nitrogen and oxygen atoms in total. The van der Waals surface area contributed by atoms with Gasteiger partial charge in [-0.1, -0.05) is 132 Å². The van der Waals surface area contributed by atoms with E-state index in [0.29, 0.717) is 19.6 Å². The Kier molecular flexibility index (Phi) is 18.1. The molecule has 0 radical (unpaired) electrons. The first kappa shape index (κ1) is 48.0. The number of hydrogen-bond donors (Lipinski definition) is 1. The highest BCUT2D eigenvalue weighted by Gasteiger charge is 2.60. The molecule has 4 rings (SSSR count). The van der Waals surface area contributed by atoms with Crippen molar-refractivity contribution in [2.24, 2.45) is 11.8 Å². The number of esters is 2. The molecule has 0 saturated carbocycles. The number of benzene rings is 2. The summed E-state index contributed by atoms with van der Waals surface area (Å²) in [6.45, 7) is 12.5.